The van der Waals surface area contributed by atoms with Crippen LogP contribution in [0.5, 0.6) is 0 Å². The zero-order valence-electron chi connectivity index (χ0n) is 32.6. The molecule has 3 rings (SSSR count). The molecule has 1 aliphatic rings. The maximum absolute atomic E-state index is 11.8. The van der Waals surface area contributed by atoms with Crippen LogP contribution < -0.4 is 0 Å². The Morgan fingerprint density at radius 1 is 0.558 bits per heavy atom. The summed E-state index contributed by atoms with van der Waals surface area (Å²) in [7, 11) is 0.890. The van der Waals surface area contributed by atoms with Gasteiger partial charge in [0.1, 0.15) is 0 Å². The molecule has 0 saturated heterocycles. The van der Waals surface area contributed by atoms with Crippen LogP contribution in [0.15, 0.2) is 85.5 Å². The molecule has 292 valence electrons. The third-order valence-corrected chi connectivity index (χ3v) is 10.4. The van der Waals surface area contributed by atoms with E-state index in [-0.39, 0.29) is 0 Å². The predicted molar refractivity (Wildman–Crippen MR) is 244 cm³/mol. The van der Waals surface area contributed by atoms with E-state index in [1.807, 2.05) is 12.2 Å². The Kier molecular flexibility index (Phi) is 29.4. The molecule has 0 aromatic heterocycles. The zero-order valence-corrected chi connectivity index (χ0v) is 38.5. The fourth-order valence-electron chi connectivity index (χ4n) is 7.44. The molecule has 5 heteroatoms. The van der Waals surface area contributed by atoms with E-state index in [4.69, 9.17) is 0 Å². The third kappa shape index (κ3) is 19.6. The van der Waals surface area contributed by atoms with E-state index in [9.17, 15) is 5.53 Å². The number of aryl methyl sites for hydroxylation is 2. The minimum absolute atomic E-state index is 0.890. The summed E-state index contributed by atoms with van der Waals surface area (Å²) >= 11 is 4.65. The summed E-state index contributed by atoms with van der Waals surface area (Å²) in [5, 5.41) is 0. The Morgan fingerprint density at radius 3 is 1.35 bits per heavy atom. The molecule has 0 amide bonds. The molecule has 0 unspecified atom stereocenters. The summed E-state index contributed by atoms with van der Waals surface area (Å²) in [5.41, 5.74) is 19.6. The first-order valence-electron chi connectivity index (χ1n) is 20.8. The van der Waals surface area contributed by atoms with Crippen LogP contribution in [0.25, 0.3) is 16.9 Å². The van der Waals surface area contributed by atoms with E-state index in [1.165, 1.54) is 150 Å². The second kappa shape index (κ2) is 32.4. The SMILES string of the molecule is C=CCCc1ccccc1C1=CC(CCCCCCCCCCCCCCCCCCCCCCC)=C(c2ccccc2CCC=C)[N+]1=[N-].[I][Pd][I]. The fraction of sp³-hybridized carbons (Fsp3) is 0.574. The molecule has 2 aromatic carbocycles. The average Bonchev–Trinajstić information content (AvgIpc) is 3.49. The van der Waals surface area contributed by atoms with Crippen molar-refractivity contribution in [3.8, 4) is 0 Å². The molecular weight excluding hydrogens is 953 g/mol. The van der Waals surface area contributed by atoms with Gasteiger partial charge in [0.25, 0.3) is 0 Å². The van der Waals surface area contributed by atoms with Crippen LogP contribution >= 0.6 is 39.0 Å². The number of hydrogen-bond acceptors (Lipinski definition) is 0. The molecule has 0 fully saturated rings. The molecule has 0 saturated carbocycles. The standard InChI is InChI=1S/C47H70N2.2HI.Pd/c1-4-7-10-11-12-13-14-15-16-17-18-19-20-21-22-23-24-25-26-27-28-37-43-40-46(44-38-31-29-35-41(44)33-8-5-2)49(48)47(43)45-39-32-30-36-42(45)34-9-6-3;;;/h5-6,29-32,35-36,38-40H,2-4,7-28,33-34,37H2,1H3;2*1H;/q;;;+2/p-2. The molecule has 1 heterocycles. The summed E-state index contributed by atoms with van der Waals surface area (Å²) in [6.07, 6.45) is 40.3. The van der Waals surface area contributed by atoms with Crippen LogP contribution in [0.3, 0.4) is 0 Å². The van der Waals surface area contributed by atoms with E-state index in [2.05, 4.69) is 114 Å². The van der Waals surface area contributed by atoms with Gasteiger partial charge in [0.2, 0.25) is 11.4 Å². The molecule has 2 aromatic rings. The van der Waals surface area contributed by atoms with Crippen LogP contribution in [0.2, 0.25) is 0 Å². The van der Waals surface area contributed by atoms with E-state index in [0.29, 0.717) is 0 Å². The molecule has 0 radical (unpaired) electrons. The van der Waals surface area contributed by atoms with Crippen molar-refractivity contribution in [3.05, 3.63) is 113 Å². The number of halogens is 2. The van der Waals surface area contributed by atoms with E-state index in [0.717, 1.165) is 71.8 Å². The number of nitrogens with zero attached hydrogens (tertiary/aromatic N) is 2. The summed E-state index contributed by atoms with van der Waals surface area (Å²) in [6.45, 7) is 10.2. The Labute approximate surface area is 349 Å². The molecule has 0 spiro atoms. The van der Waals surface area contributed by atoms with Gasteiger partial charge in [-0.05, 0) is 61.8 Å². The molecule has 0 N–H and O–H groups in total. The first-order valence-corrected chi connectivity index (χ1v) is 30.0. The van der Waals surface area contributed by atoms with E-state index >= 15 is 0 Å². The van der Waals surface area contributed by atoms with Crippen molar-refractivity contribution < 1.29 is 15.4 Å². The topological polar surface area (TPSA) is 25.3 Å². The predicted octanol–water partition coefficient (Wildman–Crippen LogP) is 17.1. The number of allylic oxidation sites excluding steroid dienone is 4. The molecule has 0 atom stereocenters. The Bertz CT molecular complexity index is 1330. The normalized spacial score (nSPS) is 12.6. The van der Waals surface area contributed by atoms with Gasteiger partial charge < -0.3 is 5.53 Å². The van der Waals surface area contributed by atoms with E-state index in [1.54, 1.807) is 0 Å². The number of benzene rings is 2. The van der Waals surface area contributed by atoms with Crippen molar-refractivity contribution in [2.24, 2.45) is 0 Å². The quantitative estimate of drug-likeness (QED) is 0.0245. The van der Waals surface area contributed by atoms with Crippen LogP contribution in [-0.4, -0.2) is 4.70 Å². The van der Waals surface area contributed by atoms with Crippen LogP contribution in [0, 0.1) is 0 Å². The number of rotatable bonds is 30. The van der Waals surface area contributed by atoms with Gasteiger partial charge in [-0.2, -0.15) is 0 Å². The van der Waals surface area contributed by atoms with Gasteiger partial charge in [0.05, 0.1) is 0 Å². The Hall–Kier alpha value is -0.878. The first kappa shape index (κ1) is 47.3. The molecule has 52 heavy (non-hydrogen) atoms. The summed E-state index contributed by atoms with van der Waals surface area (Å²) in [6, 6.07) is 17.1. The third-order valence-electron chi connectivity index (χ3n) is 10.4. The van der Waals surface area contributed by atoms with Crippen molar-refractivity contribution in [1.82, 2.24) is 0 Å². The van der Waals surface area contributed by atoms with Crippen LogP contribution in [0.4, 0.5) is 0 Å². The van der Waals surface area contributed by atoms with Gasteiger partial charge in [-0.15, -0.1) is 13.2 Å². The van der Waals surface area contributed by atoms with E-state index < -0.39 is 0 Å². The van der Waals surface area contributed by atoms with Gasteiger partial charge in [-0.1, -0.05) is 184 Å². The summed E-state index contributed by atoms with van der Waals surface area (Å²) < 4.78 is 1.48. The van der Waals surface area contributed by atoms with Crippen molar-refractivity contribution in [2.45, 2.75) is 174 Å². The Balaban J connectivity index is 0.00000301. The fourth-order valence-corrected chi connectivity index (χ4v) is 7.44. The Morgan fingerprint density at radius 2 is 0.923 bits per heavy atom. The molecular formula is C47H70I2N2Pd. The second-order valence-electron chi connectivity index (χ2n) is 14.6. The van der Waals surface area contributed by atoms with Gasteiger partial charge in [0.15, 0.2) is 0 Å². The van der Waals surface area contributed by atoms with Gasteiger partial charge in [0, 0.05) is 22.8 Å². The molecule has 0 aliphatic carbocycles. The second-order valence-corrected chi connectivity index (χ2v) is 26.5. The van der Waals surface area contributed by atoms with Crippen LogP contribution in [-0.2, 0) is 23.6 Å². The van der Waals surface area contributed by atoms with Gasteiger partial charge >= 0.3 is 49.8 Å². The van der Waals surface area contributed by atoms with Gasteiger partial charge in [-0.25, -0.2) is 4.70 Å². The van der Waals surface area contributed by atoms with Crippen molar-refractivity contribution in [2.75, 3.05) is 0 Å². The molecule has 0 bridgehead atoms. The monoisotopic (exact) mass is 1020 g/mol. The number of hydrogen-bond donors (Lipinski definition) is 0. The minimum atomic E-state index is 0.890. The average molecular weight is 1020 g/mol. The first-order chi connectivity index (χ1) is 25.6. The molecule has 2 nitrogen and oxygen atoms in total. The maximum atomic E-state index is 11.8. The summed E-state index contributed by atoms with van der Waals surface area (Å²) in [5.74, 6) is 0. The van der Waals surface area contributed by atoms with Gasteiger partial charge in [-0.3, -0.25) is 0 Å². The molecule has 1 aliphatic heterocycles. The summed E-state index contributed by atoms with van der Waals surface area (Å²) in [4.78, 5) is 0. The van der Waals surface area contributed by atoms with Crippen molar-refractivity contribution in [3.63, 3.8) is 0 Å². The number of unbranched alkanes of at least 4 members (excludes halogenated alkanes) is 20. The van der Waals surface area contributed by atoms with Crippen molar-refractivity contribution in [1.29, 1.82) is 0 Å². The van der Waals surface area contributed by atoms with Crippen molar-refractivity contribution >= 4 is 50.4 Å². The zero-order chi connectivity index (χ0) is 37.5. The van der Waals surface area contributed by atoms with Crippen LogP contribution in [0.1, 0.15) is 183 Å².